The maximum Gasteiger partial charge on any atom is 0.222 e. The minimum absolute atomic E-state index is 0.0861. The topological polar surface area (TPSA) is 49.8 Å². The van der Waals surface area contributed by atoms with E-state index in [0.717, 1.165) is 0 Å². The Morgan fingerprint density at radius 3 is 2.40 bits per heavy atom. The predicted octanol–water partition coefficient (Wildman–Crippen LogP) is 1.03. The zero-order valence-electron chi connectivity index (χ0n) is 10.2. The summed E-state index contributed by atoms with van der Waals surface area (Å²) in [7, 11) is 1.62. The lowest BCUT2D eigenvalue weighted by molar-refractivity contribution is -0.134. The molecular weight excluding hydrogens is 194 g/mol. The normalized spacial score (nSPS) is 12.9. The largest absolute Gasteiger partial charge is 0.393 e. The third-order valence-electron chi connectivity index (χ3n) is 2.26. The minimum atomic E-state index is -0.412. The molecule has 0 rings (SSSR count). The standard InChI is InChI=1S/C11H23NO3/c1-9(2)12(7-8-15-4)11(14)6-5-10(3)13/h9-10,13H,5-8H2,1-4H3. The molecule has 0 aliphatic carbocycles. The van der Waals surface area contributed by atoms with Gasteiger partial charge in [-0.15, -0.1) is 0 Å². The summed E-state index contributed by atoms with van der Waals surface area (Å²) >= 11 is 0. The van der Waals surface area contributed by atoms with Crippen molar-refractivity contribution in [2.75, 3.05) is 20.3 Å². The van der Waals surface area contributed by atoms with E-state index >= 15 is 0 Å². The van der Waals surface area contributed by atoms with Crippen LogP contribution in [0.15, 0.2) is 0 Å². The number of rotatable bonds is 7. The highest BCUT2D eigenvalue weighted by atomic mass is 16.5. The van der Waals surface area contributed by atoms with Gasteiger partial charge in [0.05, 0.1) is 12.7 Å². The molecule has 0 radical (unpaired) electrons. The predicted molar refractivity (Wildman–Crippen MR) is 59.6 cm³/mol. The molecule has 1 N–H and O–H groups in total. The van der Waals surface area contributed by atoms with Gasteiger partial charge in [0.2, 0.25) is 5.91 Å². The third-order valence-corrected chi connectivity index (χ3v) is 2.26. The second-order valence-electron chi connectivity index (χ2n) is 4.06. The third kappa shape index (κ3) is 6.47. The summed E-state index contributed by atoms with van der Waals surface area (Å²) in [4.78, 5) is 13.5. The Balaban J connectivity index is 4.05. The number of aliphatic hydroxyl groups excluding tert-OH is 1. The van der Waals surface area contributed by atoms with Crippen LogP contribution in [-0.4, -0.2) is 48.3 Å². The number of aliphatic hydroxyl groups is 1. The van der Waals surface area contributed by atoms with Crippen molar-refractivity contribution >= 4 is 5.91 Å². The van der Waals surface area contributed by atoms with Crippen LogP contribution in [-0.2, 0) is 9.53 Å². The van der Waals surface area contributed by atoms with Crippen LogP contribution in [0.1, 0.15) is 33.6 Å². The maximum atomic E-state index is 11.8. The molecule has 0 fully saturated rings. The molecule has 4 nitrogen and oxygen atoms in total. The highest BCUT2D eigenvalue weighted by Gasteiger charge is 2.16. The quantitative estimate of drug-likeness (QED) is 0.693. The summed E-state index contributed by atoms with van der Waals surface area (Å²) in [6.45, 7) is 6.83. The first-order valence-corrected chi connectivity index (χ1v) is 5.45. The van der Waals surface area contributed by atoms with Crippen molar-refractivity contribution in [2.45, 2.75) is 45.8 Å². The average Bonchev–Trinajstić information content (AvgIpc) is 2.14. The lowest BCUT2D eigenvalue weighted by Gasteiger charge is -2.26. The Bertz CT molecular complexity index is 181. The van der Waals surface area contributed by atoms with Crippen LogP contribution in [0.3, 0.4) is 0 Å². The molecule has 0 spiro atoms. The molecule has 4 heteroatoms. The van der Waals surface area contributed by atoms with Gasteiger partial charge in [0.15, 0.2) is 0 Å². The van der Waals surface area contributed by atoms with Gasteiger partial charge >= 0.3 is 0 Å². The van der Waals surface area contributed by atoms with Crippen molar-refractivity contribution in [2.24, 2.45) is 0 Å². The van der Waals surface area contributed by atoms with Crippen molar-refractivity contribution in [1.82, 2.24) is 4.90 Å². The molecule has 90 valence electrons. The first-order valence-electron chi connectivity index (χ1n) is 5.45. The minimum Gasteiger partial charge on any atom is -0.393 e. The molecule has 0 saturated heterocycles. The summed E-state index contributed by atoms with van der Waals surface area (Å²) in [5, 5.41) is 9.10. The van der Waals surface area contributed by atoms with Gasteiger partial charge < -0.3 is 14.7 Å². The Morgan fingerprint density at radius 2 is 2.00 bits per heavy atom. The number of ether oxygens (including phenoxy) is 1. The molecule has 0 saturated carbocycles. The van der Waals surface area contributed by atoms with Gasteiger partial charge in [-0.25, -0.2) is 0 Å². The van der Waals surface area contributed by atoms with Gasteiger partial charge in [-0.1, -0.05) is 0 Å². The van der Waals surface area contributed by atoms with E-state index in [1.165, 1.54) is 0 Å². The lowest BCUT2D eigenvalue weighted by Crippen LogP contribution is -2.39. The SMILES string of the molecule is COCCN(C(=O)CCC(C)O)C(C)C. The van der Waals surface area contributed by atoms with E-state index in [4.69, 9.17) is 9.84 Å². The zero-order chi connectivity index (χ0) is 11.8. The van der Waals surface area contributed by atoms with Gasteiger partial charge in [-0.3, -0.25) is 4.79 Å². The van der Waals surface area contributed by atoms with Gasteiger partial charge in [-0.2, -0.15) is 0 Å². The van der Waals surface area contributed by atoms with Gasteiger partial charge in [0, 0.05) is 26.1 Å². The highest BCUT2D eigenvalue weighted by molar-refractivity contribution is 5.76. The number of carbonyl (C=O) groups excluding carboxylic acids is 1. The highest BCUT2D eigenvalue weighted by Crippen LogP contribution is 2.05. The van der Waals surface area contributed by atoms with Crippen molar-refractivity contribution in [3.05, 3.63) is 0 Å². The molecule has 0 aromatic heterocycles. The monoisotopic (exact) mass is 217 g/mol. The molecule has 0 aliphatic heterocycles. The van der Waals surface area contributed by atoms with E-state index in [9.17, 15) is 4.79 Å². The number of amides is 1. The average molecular weight is 217 g/mol. The molecule has 0 aromatic rings. The molecule has 1 atom stereocenters. The fraction of sp³-hybridized carbons (Fsp3) is 0.909. The number of nitrogens with zero attached hydrogens (tertiary/aromatic N) is 1. The van der Waals surface area contributed by atoms with Gasteiger partial charge in [0.25, 0.3) is 0 Å². The van der Waals surface area contributed by atoms with Crippen LogP contribution >= 0.6 is 0 Å². The Kier molecular flexibility index (Phi) is 7.34. The van der Waals surface area contributed by atoms with E-state index < -0.39 is 6.10 Å². The number of carbonyl (C=O) groups is 1. The van der Waals surface area contributed by atoms with Crippen LogP contribution in [0.2, 0.25) is 0 Å². The number of hydrogen-bond acceptors (Lipinski definition) is 3. The van der Waals surface area contributed by atoms with E-state index in [1.807, 2.05) is 13.8 Å². The van der Waals surface area contributed by atoms with Crippen molar-refractivity contribution in [3.8, 4) is 0 Å². The van der Waals surface area contributed by atoms with Crippen LogP contribution in [0.25, 0.3) is 0 Å². The summed E-state index contributed by atoms with van der Waals surface area (Å²) in [6, 6.07) is 0.182. The van der Waals surface area contributed by atoms with E-state index in [2.05, 4.69) is 0 Å². The Morgan fingerprint density at radius 1 is 1.40 bits per heavy atom. The van der Waals surface area contributed by atoms with E-state index in [0.29, 0.717) is 26.0 Å². The molecule has 15 heavy (non-hydrogen) atoms. The van der Waals surface area contributed by atoms with Gasteiger partial charge in [0.1, 0.15) is 0 Å². The maximum absolute atomic E-state index is 11.8. The van der Waals surface area contributed by atoms with Crippen LogP contribution < -0.4 is 0 Å². The zero-order valence-corrected chi connectivity index (χ0v) is 10.2. The van der Waals surface area contributed by atoms with Gasteiger partial charge in [-0.05, 0) is 27.2 Å². The Labute approximate surface area is 92.2 Å². The molecule has 0 aromatic carbocycles. The molecule has 0 aliphatic rings. The van der Waals surface area contributed by atoms with E-state index in [-0.39, 0.29) is 11.9 Å². The lowest BCUT2D eigenvalue weighted by atomic mass is 10.2. The molecule has 1 amide bonds. The number of hydrogen-bond donors (Lipinski definition) is 1. The molecule has 1 unspecified atom stereocenters. The summed E-state index contributed by atoms with van der Waals surface area (Å²) in [5.41, 5.74) is 0. The second-order valence-corrected chi connectivity index (χ2v) is 4.06. The van der Waals surface area contributed by atoms with E-state index in [1.54, 1.807) is 18.9 Å². The van der Waals surface area contributed by atoms with Crippen LogP contribution in [0.4, 0.5) is 0 Å². The fourth-order valence-electron chi connectivity index (χ4n) is 1.34. The summed E-state index contributed by atoms with van der Waals surface area (Å²) in [6.07, 6.45) is 0.514. The fourth-order valence-corrected chi connectivity index (χ4v) is 1.34. The first-order chi connectivity index (χ1) is 6.99. The number of methoxy groups -OCH3 is 1. The van der Waals surface area contributed by atoms with Crippen LogP contribution in [0.5, 0.6) is 0 Å². The first kappa shape index (κ1) is 14.4. The van der Waals surface area contributed by atoms with Crippen molar-refractivity contribution in [1.29, 1.82) is 0 Å². The van der Waals surface area contributed by atoms with Crippen molar-refractivity contribution < 1.29 is 14.6 Å². The molecule has 0 bridgehead atoms. The van der Waals surface area contributed by atoms with Crippen molar-refractivity contribution in [3.63, 3.8) is 0 Å². The molecule has 0 heterocycles. The summed E-state index contributed by atoms with van der Waals surface area (Å²) in [5.74, 6) is 0.0861. The Hall–Kier alpha value is -0.610. The second kappa shape index (κ2) is 7.65. The summed E-state index contributed by atoms with van der Waals surface area (Å²) < 4.78 is 4.95. The molecular formula is C11H23NO3. The van der Waals surface area contributed by atoms with Crippen LogP contribution in [0, 0.1) is 0 Å². The smallest absolute Gasteiger partial charge is 0.222 e.